The molecule has 1 saturated heterocycles. The third kappa shape index (κ3) is 3.85. The number of hydrogen-bond donors (Lipinski definition) is 2. The highest BCUT2D eigenvalue weighted by Crippen LogP contribution is 2.27. The van der Waals surface area contributed by atoms with Crippen molar-refractivity contribution in [3.63, 3.8) is 0 Å². The third-order valence-electron chi connectivity index (χ3n) is 2.75. The molecule has 1 atom stereocenters. The lowest BCUT2D eigenvalue weighted by atomic mass is 10.0. The van der Waals surface area contributed by atoms with Crippen molar-refractivity contribution < 1.29 is 22.7 Å². The van der Waals surface area contributed by atoms with Crippen LogP contribution in [0.25, 0.3) is 0 Å². The van der Waals surface area contributed by atoms with Gasteiger partial charge in [-0.05, 0) is 11.6 Å². The highest BCUT2D eigenvalue weighted by molar-refractivity contribution is 5.82. The first-order chi connectivity index (χ1) is 8.96. The minimum absolute atomic E-state index is 0.151. The molecule has 1 amide bonds. The van der Waals surface area contributed by atoms with E-state index in [0.29, 0.717) is 18.7 Å². The van der Waals surface area contributed by atoms with E-state index >= 15 is 0 Å². The Morgan fingerprint density at radius 1 is 1.26 bits per heavy atom. The maximum Gasteiger partial charge on any atom is 0.573 e. The summed E-state index contributed by atoms with van der Waals surface area (Å²) in [5.74, 6) is -0.483. The van der Waals surface area contributed by atoms with E-state index in [0.717, 1.165) is 0 Å². The molecule has 1 heterocycles. The van der Waals surface area contributed by atoms with Crippen molar-refractivity contribution in [1.82, 2.24) is 10.6 Å². The van der Waals surface area contributed by atoms with E-state index < -0.39 is 12.4 Å². The summed E-state index contributed by atoms with van der Waals surface area (Å²) < 4.78 is 40.7. The molecule has 19 heavy (non-hydrogen) atoms. The van der Waals surface area contributed by atoms with Crippen LogP contribution in [0.3, 0.4) is 0 Å². The third-order valence-corrected chi connectivity index (χ3v) is 2.75. The van der Waals surface area contributed by atoms with Crippen LogP contribution in [0.15, 0.2) is 24.3 Å². The van der Waals surface area contributed by atoms with Crippen molar-refractivity contribution in [1.29, 1.82) is 0 Å². The highest BCUT2D eigenvalue weighted by Gasteiger charge is 2.32. The molecule has 0 spiro atoms. The second-order valence-corrected chi connectivity index (χ2v) is 4.16. The first kappa shape index (κ1) is 13.7. The molecule has 0 aromatic heterocycles. The molecule has 1 aromatic rings. The van der Waals surface area contributed by atoms with E-state index in [1.54, 1.807) is 6.07 Å². The molecule has 1 aromatic carbocycles. The predicted molar refractivity (Wildman–Crippen MR) is 61.6 cm³/mol. The molecule has 0 unspecified atom stereocenters. The van der Waals surface area contributed by atoms with Crippen LogP contribution >= 0.6 is 0 Å². The number of para-hydroxylation sites is 1. The zero-order chi connectivity index (χ0) is 13.9. The van der Waals surface area contributed by atoms with Crippen LogP contribution in [-0.2, 0) is 11.2 Å². The number of ether oxygens (including phenoxy) is 1. The van der Waals surface area contributed by atoms with Gasteiger partial charge in [0.15, 0.2) is 0 Å². The molecule has 2 rings (SSSR count). The summed E-state index contributed by atoms with van der Waals surface area (Å²) in [5, 5.41) is 5.61. The molecule has 0 bridgehead atoms. The van der Waals surface area contributed by atoms with E-state index in [1.165, 1.54) is 18.2 Å². The summed E-state index contributed by atoms with van der Waals surface area (Å²) in [4.78, 5) is 11.6. The van der Waals surface area contributed by atoms with Crippen molar-refractivity contribution in [3.05, 3.63) is 29.8 Å². The van der Waals surface area contributed by atoms with Gasteiger partial charge < -0.3 is 15.4 Å². The highest BCUT2D eigenvalue weighted by atomic mass is 19.4. The zero-order valence-corrected chi connectivity index (χ0v) is 9.96. The van der Waals surface area contributed by atoms with E-state index in [2.05, 4.69) is 15.4 Å². The van der Waals surface area contributed by atoms with Crippen LogP contribution in [-0.4, -0.2) is 31.4 Å². The van der Waals surface area contributed by atoms with Crippen molar-refractivity contribution in [2.45, 2.75) is 18.8 Å². The number of rotatable bonds is 3. The minimum Gasteiger partial charge on any atom is -0.406 e. The number of hydrogen-bond acceptors (Lipinski definition) is 3. The lowest BCUT2D eigenvalue weighted by Gasteiger charge is -2.24. The number of halogens is 3. The predicted octanol–water partition coefficient (Wildman–Crippen LogP) is 1.22. The van der Waals surface area contributed by atoms with Gasteiger partial charge in [0.1, 0.15) is 5.75 Å². The number of nitrogens with one attached hydrogen (secondary N) is 2. The van der Waals surface area contributed by atoms with Crippen molar-refractivity contribution in [2.24, 2.45) is 0 Å². The summed E-state index contributed by atoms with van der Waals surface area (Å²) in [6.45, 7) is 1.12. The largest absolute Gasteiger partial charge is 0.573 e. The zero-order valence-electron chi connectivity index (χ0n) is 9.96. The fourth-order valence-corrected chi connectivity index (χ4v) is 1.93. The van der Waals surface area contributed by atoms with Crippen molar-refractivity contribution >= 4 is 5.91 Å². The number of carbonyl (C=O) groups is 1. The molecular weight excluding hydrogens is 261 g/mol. The fraction of sp³-hybridized carbons (Fsp3) is 0.417. The quantitative estimate of drug-likeness (QED) is 0.871. The smallest absolute Gasteiger partial charge is 0.406 e. The van der Waals surface area contributed by atoms with Crippen LogP contribution in [0, 0.1) is 0 Å². The Balaban J connectivity index is 2.13. The van der Waals surface area contributed by atoms with Gasteiger partial charge >= 0.3 is 6.36 Å². The van der Waals surface area contributed by atoms with Gasteiger partial charge in [-0.2, -0.15) is 0 Å². The van der Waals surface area contributed by atoms with Crippen LogP contribution in [0.5, 0.6) is 5.75 Å². The maximum absolute atomic E-state index is 12.3. The molecule has 0 saturated carbocycles. The Morgan fingerprint density at radius 3 is 2.68 bits per heavy atom. The molecule has 2 N–H and O–H groups in total. The summed E-state index contributed by atoms with van der Waals surface area (Å²) in [6.07, 6.45) is -4.59. The SMILES string of the molecule is O=C1NCCN[C@H]1Cc1ccccc1OC(F)(F)F. The average Bonchev–Trinajstić information content (AvgIpc) is 2.33. The second kappa shape index (κ2) is 5.48. The van der Waals surface area contributed by atoms with E-state index in [-0.39, 0.29) is 18.1 Å². The lowest BCUT2D eigenvalue weighted by molar-refractivity contribution is -0.274. The molecule has 1 fully saturated rings. The molecule has 104 valence electrons. The monoisotopic (exact) mass is 274 g/mol. The van der Waals surface area contributed by atoms with Crippen LogP contribution in [0.2, 0.25) is 0 Å². The van der Waals surface area contributed by atoms with Gasteiger partial charge in [-0.25, -0.2) is 0 Å². The van der Waals surface area contributed by atoms with Gasteiger partial charge in [-0.1, -0.05) is 18.2 Å². The molecule has 1 aliphatic heterocycles. The Hall–Kier alpha value is -1.76. The van der Waals surface area contributed by atoms with Crippen LogP contribution in [0.4, 0.5) is 13.2 Å². The number of benzene rings is 1. The first-order valence-electron chi connectivity index (χ1n) is 5.80. The molecule has 1 aliphatic rings. The Bertz CT molecular complexity index is 463. The first-order valence-corrected chi connectivity index (χ1v) is 5.80. The van der Waals surface area contributed by atoms with E-state index in [1.807, 2.05) is 0 Å². The van der Waals surface area contributed by atoms with Gasteiger partial charge in [-0.15, -0.1) is 13.2 Å². The number of carbonyl (C=O) groups excluding carboxylic acids is 1. The van der Waals surface area contributed by atoms with Crippen LogP contribution < -0.4 is 15.4 Å². The summed E-state index contributed by atoms with van der Waals surface area (Å²) in [7, 11) is 0. The number of piperazine rings is 1. The molecule has 0 aliphatic carbocycles. The summed E-state index contributed by atoms with van der Waals surface area (Å²) in [5.41, 5.74) is 0.342. The minimum atomic E-state index is -4.74. The fourth-order valence-electron chi connectivity index (χ4n) is 1.93. The van der Waals surface area contributed by atoms with Gasteiger partial charge in [0, 0.05) is 19.5 Å². The maximum atomic E-state index is 12.3. The molecule has 4 nitrogen and oxygen atoms in total. The summed E-state index contributed by atoms with van der Waals surface area (Å²) >= 11 is 0. The van der Waals surface area contributed by atoms with Gasteiger partial charge in [0.2, 0.25) is 5.91 Å². The van der Waals surface area contributed by atoms with Gasteiger partial charge in [0.25, 0.3) is 0 Å². The average molecular weight is 274 g/mol. The van der Waals surface area contributed by atoms with E-state index in [4.69, 9.17) is 0 Å². The van der Waals surface area contributed by atoms with E-state index in [9.17, 15) is 18.0 Å². The molecule has 7 heteroatoms. The number of alkyl halides is 3. The number of amides is 1. The molecular formula is C12H13F3N2O2. The molecule has 0 radical (unpaired) electrons. The van der Waals surface area contributed by atoms with Crippen molar-refractivity contribution in [2.75, 3.05) is 13.1 Å². The van der Waals surface area contributed by atoms with Crippen LogP contribution in [0.1, 0.15) is 5.56 Å². The Labute approximate surface area is 107 Å². The second-order valence-electron chi connectivity index (χ2n) is 4.16. The Kier molecular flexibility index (Phi) is 3.94. The van der Waals surface area contributed by atoms with Gasteiger partial charge in [0.05, 0.1) is 6.04 Å². The normalized spacial score (nSPS) is 19.9. The topological polar surface area (TPSA) is 50.4 Å². The lowest BCUT2D eigenvalue weighted by Crippen LogP contribution is -2.53. The van der Waals surface area contributed by atoms with Gasteiger partial charge in [-0.3, -0.25) is 4.79 Å². The summed E-state index contributed by atoms with van der Waals surface area (Å²) in [6, 6.07) is 5.29. The standard InChI is InChI=1S/C12H13F3N2O2/c13-12(14,15)19-10-4-2-1-3-8(10)7-9-11(18)17-6-5-16-9/h1-4,9,16H,5-7H2,(H,17,18)/t9-/m0/s1. The Morgan fingerprint density at radius 2 is 2.00 bits per heavy atom. The van der Waals surface area contributed by atoms with Crippen molar-refractivity contribution in [3.8, 4) is 5.75 Å².